The summed E-state index contributed by atoms with van der Waals surface area (Å²) in [6, 6.07) is 6.98. The zero-order valence-electron chi connectivity index (χ0n) is 9.31. The Balaban J connectivity index is 0.00000225. The minimum atomic E-state index is -0.475. The second-order valence-corrected chi connectivity index (χ2v) is 3.98. The fraction of sp³-hybridized carbons (Fsp3) is 0.364. The highest BCUT2D eigenvalue weighted by Gasteiger charge is 2.14. The van der Waals surface area contributed by atoms with Crippen molar-refractivity contribution in [1.82, 2.24) is 4.90 Å². The molecule has 3 nitrogen and oxygen atoms in total. The number of likely N-dealkylation sites (N-methyl/N-ethyl adjacent to an activating group) is 1. The van der Waals surface area contributed by atoms with E-state index in [1.807, 2.05) is 18.2 Å². The fourth-order valence-electron chi connectivity index (χ4n) is 1.31. The van der Waals surface area contributed by atoms with Gasteiger partial charge in [0.1, 0.15) is 0 Å². The fourth-order valence-corrected chi connectivity index (χ4v) is 1.50. The van der Waals surface area contributed by atoms with Crippen LogP contribution in [0.5, 0.6) is 0 Å². The van der Waals surface area contributed by atoms with Gasteiger partial charge in [0, 0.05) is 18.6 Å². The first-order valence-electron chi connectivity index (χ1n) is 4.76. The van der Waals surface area contributed by atoms with Crippen LogP contribution in [0.2, 0.25) is 5.02 Å². The lowest BCUT2D eigenvalue weighted by atomic mass is 10.2. The van der Waals surface area contributed by atoms with E-state index in [-0.39, 0.29) is 18.3 Å². The zero-order chi connectivity index (χ0) is 11.4. The van der Waals surface area contributed by atoms with Gasteiger partial charge in [-0.3, -0.25) is 4.79 Å². The lowest BCUT2D eigenvalue weighted by Gasteiger charge is -2.19. The molecule has 16 heavy (non-hydrogen) atoms. The number of nitrogens with two attached hydrogens (primary N) is 1. The van der Waals surface area contributed by atoms with Gasteiger partial charge in [0.05, 0.1) is 6.04 Å². The minimum absolute atomic E-state index is 0. The van der Waals surface area contributed by atoms with Crippen LogP contribution in [-0.4, -0.2) is 23.9 Å². The Morgan fingerprint density at radius 3 is 2.56 bits per heavy atom. The summed E-state index contributed by atoms with van der Waals surface area (Å²) in [5.41, 5.74) is 6.43. The summed E-state index contributed by atoms with van der Waals surface area (Å²) in [5, 5.41) is 0.668. The van der Waals surface area contributed by atoms with E-state index < -0.39 is 6.04 Å². The van der Waals surface area contributed by atoms with E-state index in [0.29, 0.717) is 11.6 Å². The number of benzene rings is 1. The molecule has 0 spiro atoms. The largest absolute Gasteiger partial charge is 0.340 e. The average molecular weight is 263 g/mol. The first-order chi connectivity index (χ1) is 7.02. The number of halogens is 2. The Hall–Kier alpha value is -0.770. The number of rotatable bonds is 3. The molecular weight excluding hydrogens is 247 g/mol. The van der Waals surface area contributed by atoms with Crippen LogP contribution >= 0.6 is 24.0 Å². The molecule has 1 amide bonds. The molecule has 0 aliphatic heterocycles. The van der Waals surface area contributed by atoms with Crippen LogP contribution in [0.1, 0.15) is 12.5 Å². The third kappa shape index (κ3) is 4.00. The monoisotopic (exact) mass is 262 g/mol. The van der Waals surface area contributed by atoms with Gasteiger partial charge >= 0.3 is 0 Å². The molecule has 2 N–H and O–H groups in total. The van der Waals surface area contributed by atoms with Crippen molar-refractivity contribution < 1.29 is 4.79 Å². The number of hydrogen-bond donors (Lipinski definition) is 1. The second kappa shape index (κ2) is 6.74. The number of amides is 1. The Labute approximate surface area is 107 Å². The van der Waals surface area contributed by atoms with E-state index in [9.17, 15) is 4.79 Å². The number of hydrogen-bond acceptors (Lipinski definition) is 2. The molecule has 0 fully saturated rings. The molecule has 0 heterocycles. The van der Waals surface area contributed by atoms with Gasteiger partial charge in [-0.25, -0.2) is 0 Å². The predicted octanol–water partition coefficient (Wildman–Crippen LogP) is 2.07. The number of carbonyl (C=O) groups excluding carboxylic acids is 1. The molecule has 1 aromatic carbocycles. The van der Waals surface area contributed by atoms with Crippen molar-refractivity contribution in [2.24, 2.45) is 5.73 Å². The quantitative estimate of drug-likeness (QED) is 0.907. The van der Waals surface area contributed by atoms with Crippen LogP contribution in [0.3, 0.4) is 0 Å². The average Bonchev–Trinajstić information content (AvgIpc) is 2.20. The van der Waals surface area contributed by atoms with E-state index in [1.54, 1.807) is 24.9 Å². The summed E-state index contributed by atoms with van der Waals surface area (Å²) in [7, 11) is 1.72. The number of carbonyl (C=O) groups is 1. The molecule has 0 saturated heterocycles. The molecule has 5 heteroatoms. The highest BCUT2D eigenvalue weighted by molar-refractivity contribution is 6.31. The van der Waals surface area contributed by atoms with Gasteiger partial charge in [-0.15, -0.1) is 12.4 Å². The number of nitrogens with zero attached hydrogens (tertiary/aromatic N) is 1. The molecule has 1 atom stereocenters. The van der Waals surface area contributed by atoms with E-state index in [1.165, 1.54) is 0 Å². The van der Waals surface area contributed by atoms with Crippen molar-refractivity contribution in [2.45, 2.75) is 19.5 Å². The third-order valence-electron chi connectivity index (χ3n) is 2.13. The SMILES string of the molecule is CC(N)C(=O)N(C)Cc1ccccc1Cl.Cl. The third-order valence-corrected chi connectivity index (χ3v) is 2.50. The molecule has 0 saturated carbocycles. The Morgan fingerprint density at radius 2 is 2.06 bits per heavy atom. The standard InChI is InChI=1S/C11H15ClN2O.ClH/c1-8(13)11(15)14(2)7-9-5-3-4-6-10(9)12;/h3-6,8H,7,13H2,1-2H3;1H. The summed E-state index contributed by atoms with van der Waals surface area (Å²) in [6.07, 6.45) is 0. The first-order valence-corrected chi connectivity index (χ1v) is 5.14. The van der Waals surface area contributed by atoms with Crippen LogP contribution in [-0.2, 0) is 11.3 Å². The van der Waals surface area contributed by atoms with Crippen LogP contribution in [0, 0.1) is 0 Å². The maximum atomic E-state index is 11.5. The van der Waals surface area contributed by atoms with Crippen molar-refractivity contribution in [3.63, 3.8) is 0 Å². The van der Waals surface area contributed by atoms with Crippen LogP contribution in [0.15, 0.2) is 24.3 Å². The molecule has 0 aliphatic carbocycles. The van der Waals surface area contributed by atoms with E-state index >= 15 is 0 Å². The predicted molar refractivity (Wildman–Crippen MR) is 68.8 cm³/mol. The van der Waals surface area contributed by atoms with Gasteiger partial charge in [-0.05, 0) is 18.6 Å². The molecule has 0 aliphatic rings. The van der Waals surface area contributed by atoms with Gasteiger partial charge < -0.3 is 10.6 Å². The molecule has 1 aromatic rings. The maximum Gasteiger partial charge on any atom is 0.239 e. The van der Waals surface area contributed by atoms with E-state index in [2.05, 4.69) is 0 Å². The van der Waals surface area contributed by atoms with Crippen molar-refractivity contribution in [3.05, 3.63) is 34.9 Å². The summed E-state index contributed by atoms with van der Waals surface area (Å²) in [5.74, 6) is -0.0880. The smallest absolute Gasteiger partial charge is 0.239 e. The molecule has 1 rings (SSSR count). The molecule has 1 unspecified atom stereocenters. The highest BCUT2D eigenvalue weighted by atomic mass is 35.5. The van der Waals surface area contributed by atoms with Gasteiger partial charge in [0.15, 0.2) is 0 Å². The molecule has 90 valence electrons. The topological polar surface area (TPSA) is 46.3 Å². The van der Waals surface area contributed by atoms with Crippen molar-refractivity contribution in [2.75, 3.05) is 7.05 Å². The molecule has 0 aromatic heterocycles. The minimum Gasteiger partial charge on any atom is -0.340 e. The van der Waals surface area contributed by atoms with Crippen molar-refractivity contribution >= 4 is 29.9 Å². The Bertz CT molecular complexity index is 356. The lowest BCUT2D eigenvalue weighted by Crippen LogP contribution is -2.39. The summed E-state index contributed by atoms with van der Waals surface area (Å²) < 4.78 is 0. The van der Waals surface area contributed by atoms with Gasteiger partial charge in [-0.1, -0.05) is 29.8 Å². The van der Waals surface area contributed by atoms with E-state index in [4.69, 9.17) is 17.3 Å². The molecule has 0 radical (unpaired) electrons. The zero-order valence-corrected chi connectivity index (χ0v) is 10.9. The van der Waals surface area contributed by atoms with Gasteiger partial charge in [0.2, 0.25) is 5.91 Å². The summed E-state index contributed by atoms with van der Waals surface area (Å²) in [6.45, 7) is 2.16. The maximum absolute atomic E-state index is 11.5. The summed E-state index contributed by atoms with van der Waals surface area (Å²) in [4.78, 5) is 13.1. The lowest BCUT2D eigenvalue weighted by molar-refractivity contribution is -0.131. The Morgan fingerprint density at radius 1 is 1.50 bits per heavy atom. The van der Waals surface area contributed by atoms with E-state index in [0.717, 1.165) is 5.56 Å². The van der Waals surface area contributed by atoms with Crippen molar-refractivity contribution in [1.29, 1.82) is 0 Å². The Kier molecular flexibility index (Phi) is 6.41. The first kappa shape index (κ1) is 15.2. The van der Waals surface area contributed by atoms with Crippen LogP contribution < -0.4 is 5.73 Å². The van der Waals surface area contributed by atoms with Gasteiger partial charge in [-0.2, -0.15) is 0 Å². The normalized spacial score (nSPS) is 11.5. The van der Waals surface area contributed by atoms with Gasteiger partial charge in [0.25, 0.3) is 0 Å². The molecule has 0 bridgehead atoms. The van der Waals surface area contributed by atoms with Crippen molar-refractivity contribution in [3.8, 4) is 0 Å². The highest BCUT2D eigenvalue weighted by Crippen LogP contribution is 2.16. The summed E-state index contributed by atoms with van der Waals surface area (Å²) >= 11 is 5.98. The molecular formula is C11H16Cl2N2O. The van der Waals surface area contributed by atoms with Crippen LogP contribution in [0.25, 0.3) is 0 Å². The second-order valence-electron chi connectivity index (χ2n) is 3.57. The van der Waals surface area contributed by atoms with Crippen LogP contribution in [0.4, 0.5) is 0 Å².